The fourth-order valence-corrected chi connectivity index (χ4v) is 5.40. The highest BCUT2D eigenvalue weighted by atomic mass is 16.2. The van der Waals surface area contributed by atoms with Crippen LogP contribution in [0.3, 0.4) is 0 Å². The molecule has 4 N–H and O–H groups in total. The van der Waals surface area contributed by atoms with Gasteiger partial charge in [0.15, 0.2) is 5.69 Å². The van der Waals surface area contributed by atoms with Crippen LogP contribution in [0.4, 0.5) is 11.6 Å². The first-order valence-electron chi connectivity index (χ1n) is 12.2. The monoisotopic (exact) mass is 474 g/mol. The summed E-state index contributed by atoms with van der Waals surface area (Å²) in [7, 11) is 4.33. The molecule has 2 aliphatic rings. The van der Waals surface area contributed by atoms with Gasteiger partial charge in [-0.25, -0.2) is 9.97 Å². The van der Waals surface area contributed by atoms with Crippen LogP contribution < -0.4 is 11.1 Å². The molecule has 3 aromatic rings. The number of nitrogens with two attached hydrogens (primary N) is 1. The first-order chi connectivity index (χ1) is 16.7. The van der Waals surface area contributed by atoms with Gasteiger partial charge in [-0.1, -0.05) is 26.0 Å². The third kappa shape index (κ3) is 4.66. The molecule has 1 aromatic carbocycles. The molecule has 2 aromatic heterocycles. The zero-order valence-electron chi connectivity index (χ0n) is 20.9. The highest BCUT2D eigenvalue weighted by Gasteiger charge is 2.38. The van der Waals surface area contributed by atoms with Crippen molar-refractivity contribution in [1.29, 1.82) is 0 Å². The number of aromatic amines is 1. The predicted octanol–water partition coefficient (Wildman–Crippen LogP) is 3.06. The van der Waals surface area contributed by atoms with Crippen molar-refractivity contribution >= 4 is 17.5 Å². The third-order valence-corrected chi connectivity index (χ3v) is 7.32. The molecule has 3 heterocycles. The SMILES string of the molecule is CN(C)C1CCN(Cc2ccc(NC(=O)c3n[nH]c4c3C(C)(C)Cc3cnc(N)nc3-4)cc2)CC1. The maximum Gasteiger partial charge on any atom is 0.276 e. The van der Waals surface area contributed by atoms with E-state index in [0.29, 0.717) is 18.2 Å². The van der Waals surface area contributed by atoms with E-state index in [2.05, 4.69) is 75.4 Å². The molecule has 9 nitrogen and oxygen atoms in total. The quantitative estimate of drug-likeness (QED) is 0.520. The van der Waals surface area contributed by atoms with E-state index in [1.165, 1.54) is 18.4 Å². The van der Waals surface area contributed by atoms with Gasteiger partial charge in [0.1, 0.15) is 0 Å². The van der Waals surface area contributed by atoms with Crippen LogP contribution in [-0.4, -0.2) is 69.1 Å². The Kier molecular flexibility index (Phi) is 6.06. The minimum absolute atomic E-state index is 0.206. The van der Waals surface area contributed by atoms with Crippen molar-refractivity contribution in [3.05, 3.63) is 52.8 Å². The lowest BCUT2D eigenvalue weighted by Gasteiger charge is -2.35. The minimum Gasteiger partial charge on any atom is -0.368 e. The number of hydrogen-bond acceptors (Lipinski definition) is 7. The molecule has 1 saturated heterocycles. The summed E-state index contributed by atoms with van der Waals surface area (Å²) < 4.78 is 0. The molecule has 0 atom stereocenters. The van der Waals surface area contributed by atoms with Crippen molar-refractivity contribution in [3.8, 4) is 11.4 Å². The van der Waals surface area contributed by atoms with E-state index in [-0.39, 0.29) is 17.3 Å². The molecular formula is C26H34N8O. The van der Waals surface area contributed by atoms with Crippen LogP contribution in [0.2, 0.25) is 0 Å². The maximum atomic E-state index is 13.2. The van der Waals surface area contributed by atoms with Crippen LogP contribution in [0, 0.1) is 0 Å². The topological polar surface area (TPSA) is 116 Å². The average molecular weight is 475 g/mol. The number of aromatic nitrogens is 4. The van der Waals surface area contributed by atoms with Gasteiger partial charge in [0, 0.05) is 30.0 Å². The van der Waals surface area contributed by atoms with Gasteiger partial charge in [-0.15, -0.1) is 0 Å². The molecule has 1 aliphatic carbocycles. The van der Waals surface area contributed by atoms with Crippen LogP contribution in [0.25, 0.3) is 11.4 Å². The zero-order valence-corrected chi connectivity index (χ0v) is 20.9. The van der Waals surface area contributed by atoms with Crippen molar-refractivity contribution in [3.63, 3.8) is 0 Å². The van der Waals surface area contributed by atoms with Gasteiger partial charge in [-0.2, -0.15) is 5.10 Å². The molecule has 0 unspecified atom stereocenters. The third-order valence-electron chi connectivity index (χ3n) is 7.32. The maximum absolute atomic E-state index is 13.2. The minimum atomic E-state index is -0.300. The summed E-state index contributed by atoms with van der Waals surface area (Å²) in [6.07, 6.45) is 4.87. The fraction of sp³-hybridized carbons (Fsp3) is 0.462. The lowest BCUT2D eigenvalue weighted by molar-refractivity contribution is 0.102. The largest absolute Gasteiger partial charge is 0.368 e. The van der Waals surface area contributed by atoms with Crippen LogP contribution in [0.1, 0.15) is 53.9 Å². The number of carbonyl (C=O) groups excluding carboxylic acids is 1. The Morgan fingerprint density at radius 3 is 2.63 bits per heavy atom. The number of nitrogen functional groups attached to an aromatic ring is 1. The van der Waals surface area contributed by atoms with E-state index in [9.17, 15) is 4.79 Å². The number of H-pyrrole nitrogens is 1. The Hall–Kier alpha value is -3.30. The predicted molar refractivity (Wildman–Crippen MR) is 137 cm³/mol. The van der Waals surface area contributed by atoms with E-state index in [1.807, 2.05) is 12.1 Å². The molecule has 5 rings (SSSR count). The van der Waals surface area contributed by atoms with Crippen molar-refractivity contribution in [2.24, 2.45) is 0 Å². The average Bonchev–Trinajstić information content (AvgIpc) is 3.28. The van der Waals surface area contributed by atoms with Crippen LogP contribution >= 0.6 is 0 Å². The van der Waals surface area contributed by atoms with Gasteiger partial charge in [0.25, 0.3) is 5.91 Å². The lowest BCUT2D eigenvalue weighted by Crippen LogP contribution is -2.41. The van der Waals surface area contributed by atoms with Crippen molar-refractivity contribution in [2.75, 3.05) is 38.2 Å². The number of amides is 1. The van der Waals surface area contributed by atoms with E-state index >= 15 is 0 Å². The molecule has 9 heteroatoms. The van der Waals surface area contributed by atoms with Gasteiger partial charge < -0.3 is 16.0 Å². The second kappa shape index (κ2) is 9.05. The normalized spacial score (nSPS) is 17.7. The second-order valence-electron chi connectivity index (χ2n) is 10.6. The van der Waals surface area contributed by atoms with Crippen molar-refractivity contribution in [1.82, 2.24) is 30.0 Å². The molecule has 0 bridgehead atoms. The standard InChI is InChI=1S/C26H34N8O/c1-26(2)13-17-14-28-25(27)30-21(17)22-20(26)23(32-31-22)24(35)29-18-7-5-16(6-8-18)15-34-11-9-19(10-12-34)33(3)4/h5-8,14,19H,9-13,15H2,1-4H3,(H,29,35)(H,31,32)(H2,27,28,30). The van der Waals surface area contributed by atoms with Crippen molar-refractivity contribution < 1.29 is 4.79 Å². The summed E-state index contributed by atoms with van der Waals surface area (Å²) in [5, 5.41) is 10.4. The number of rotatable bonds is 5. The summed E-state index contributed by atoms with van der Waals surface area (Å²) in [5.74, 6) is -0.0308. The number of benzene rings is 1. The van der Waals surface area contributed by atoms with Gasteiger partial charge in [-0.3, -0.25) is 14.8 Å². The van der Waals surface area contributed by atoms with E-state index < -0.39 is 0 Å². The summed E-state index contributed by atoms with van der Waals surface area (Å²) >= 11 is 0. The summed E-state index contributed by atoms with van der Waals surface area (Å²) in [4.78, 5) is 26.6. The highest BCUT2D eigenvalue weighted by molar-refractivity contribution is 6.05. The second-order valence-corrected chi connectivity index (χ2v) is 10.6. The molecule has 35 heavy (non-hydrogen) atoms. The molecule has 1 fully saturated rings. The molecule has 1 aliphatic heterocycles. The van der Waals surface area contributed by atoms with Crippen LogP contribution in [0.15, 0.2) is 30.5 Å². The van der Waals surface area contributed by atoms with Gasteiger partial charge in [-0.05, 0) is 75.1 Å². The number of anilines is 2. The molecule has 0 saturated carbocycles. The van der Waals surface area contributed by atoms with Gasteiger partial charge in [0.05, 0.1) is 11.4 Å². The molecular weight excluding hydrogens is 440 g/mol. The Labute approximate surface area is 206 Å². The fourth-order valence-electron chi connectivity index (χ4n) is 5.40. The highest BCUT2D eigenvalue weighted by Crippen LogP contribution is 2.42. The number of nitrogens with zero attached hydrogens (tertiary/aromatic N) is 5. The molecule has 1 amide bonds. The van der Waals surface area contributed by atoms with Gasteiger partial charge >= 0.3 is 0 Å². The molecule has 0 spiro atoms. The number of nitrogens with one attached hydrogen (secondary N) is 2. The Bertz CT molecular complexity index is 1220. The smallest absolute Gasteiger partial charge is 0.276 e. The van der Waals surface area contributed by atoms with E-state index in [0.717, 1.165) is 47.8 Å². The molecule has 184 valence electrons. The number of carbonyl (C=O) groups is 1. The lowest BCUT2D eigenvalue weighted by atomic mass is 9.73. The first-order valence-corrected chi connectivity index (χ1v) is 12.2. The Balaban J connectivity index is 1.28. The number of likely N-dealkylation sites (tertiary alicyclic amines) is 1. The first kappa shape index (κ1) is 23.4. The number of hydrogen-bond donors (Lipinski definition) is 3. The summed E-state index contributed by atoms with van der Waals surface area (Å²) in [6, 6.07) is 8.79. The molecule has 0 radical (unpaired) electrons. The van der Waals surface area contributed by atoms with Gasteiger partial charge in [0.2, 0.25) is 5.95 Å². The zero-order chi connectivity index (χ0) is 24.7. The van der Waals surface area contributed by atoms with E-state index in [4.69, 9.17) is 5.73 Å². The Morgan fingerprint density at radius 2 is 1.94 bits per heavy atom. The van der Waals surface area contributed by atoms with Crippen LogP contribution in [0.5, 0.6) is 0 Å². The van der Waals surface area contributed by atoms with Crippen molar-refractivity contribution in [2.45, 2.75) is 51.1 Å². The summed E-state index contributed by atoms with van der Waals surface area (Å²) in [6.45, 7) is 7.36. The number of fused-ring (bicyclic) bond motifs is 3. The van der Waals surface area contributed by atoms with E-state index in [1.54, 1.807) is 6.20 Å². The summed E-state index contributed by atoms with van der Waals surface area (Å²) in [5.41, 5.74) is 11.2. The Morgan fingerprint density at radius 1 is 1.23 bits per heavy atom. The van der Waals surface area contributed by atoms with Crippen LogP contribution in [-0.2, 0) is 18.4 Å². The number of piperidine rings is 1.